The minimum atomic E-state index is 0.154. The quantitative estimate of drug-likeness (QED) is 0.793. The van der Waals surface area contributed by atoms with Gasteiger partial charge in [0.05, 0.1) is 31.7 Å². The van der Waals surface area contributed by atoms with E-state index in [9.17, 15) is 4.79 Å². The van der Waals surface area contributed by atoms with Gasteiger partial charge in [0, 0.05) is 24.4 Å². The monoisotopic (exact) mass is 408 g/mol. The molecule has 1 unspecified atom stereocenters. The molecule has 160 valence electrons. The van der Waals surface area contributed by atoms with Gasteiger partial charge in [-0.15, -0.1) is 5.10 Å². The lowest BCUT2D eigenvalue weighted by Crippen LogP contribution is -3.20. The molecule has 6 heteroatoms. The van der Waals surface area contributed by atoms with Gasteiger partial charge in [0.1, 0.15) is 11.7 Å². The van der Waals surface area contributed by atoms with E-state index in [1.807, 2.05) is 4.68 Å². The van der Waals surface area contributed by atoms with E-state index < -0.39 is 0 Å². The summed E-state index contributed by atoms with van der Waals surface area (Å²) in [5.74, 6) is 1.04. The number of nitrogens with one attached hydrogen (secondary N) is 2. The predicted molar refractivity (Wildman–Crippen MR) is 116 cm³/mol. The fourth-order valence-corrected chi connectivity index (χ4v) is 5.24. The van der Waals surface area contributed by atoms with Gasteiger partial charge in [-0.05, 0) is 29.7 Å². The molecule has 6 rings (SSSR count). The van der Waals surface area contributed by atoms with Crippen LogP contribution in [0.25, 0.3) is 11.3 Å². The van der Waals surface area contributed by atoms with Crippen LogP contribution < -0.4 is 10.2 Å². The highest BCUT2D eigenvalue weighted by Gasteiger charge is 2.47. The zero-order valence-electron chi connectivity index (χ0n) is 18.4. The van der Waals surface area contributed by atoms with Crippen molar-refractivity contribution >= 4 is 5.91 Å². The third-order valence-electron chi connectivity index (χ3n) is 7.31. The fourth-order valence-electron chi connectivity index (χ4n) is 5.24. The maximum atomic E-state index is 12.6. The zero-order valence-corrected chi connectivity index (χ0v) is 18.4. The van der Waals surface area contributed by atoms with Crippen molar-refractivity contribution in [2.75, 3.05) is 13.1 Å². The molecule has 1 aromatic carbocycles. The first-order valence-electron chi connectivity index (χ1n) is 11.5. The summed E-state index contributed by atoms with van der Waals surface area (Å²) in [5, 5.41) is 12.1. The first-order valence-corrected chi connectivity index (χ1v) is 11.5. The number of fused-ring (bicyclic) bond motifs is 3. The fraction of sp³-hybridized carbons (Fsp3) is 0.625. The molecule has 4 fully saturated rings. The molecule has 30 heavy (non-hydrogen) atoms. The van der Waals surface area contributed by atoms with Gasteiger partial charge in [0.25, 0.3) is 0 Å². The number of piperidine rings is 3. The van der Waals surface area contributed by atoms with E-state index in [1.165, 1.54) is 18.5 Å². The molecular formula is C24H34N5O+. The SMILES string of the molecule is CC(C)(C)c1ccc(-c2cn(C[C@H]3C[C@H]4CC[NH+]3C[C@@H]4C(=O)NC3CC3)nn2)cc1. The number of hydrogen-bond donors (Lipinski definition) is 2. The summed E-state index contributed by atoms with van der Waals surface area (Å²) >= 11 is 0. The van der Waals surface area contributed by atoms with Crippen LogP contribution in [-0.2, 0) is 16.8 Å². The first kappa shape index (κ1) is 19.7. The molecule has 6 nitrogen and oxygen atoms in total. The van der Waals surface area contributed by atoms with Gasteiger partial charge in [-0.25, -0.2) is 4.68 Å². The number of carbonyl (C=O) groups excluding carboxylic acids is 1. The minimum Gasteiger partial charge on any atom is -0.353 e. The maximum Gasteiger partial charge on any atom is 0.229 e. The molecule has 2 aromatic rings. The van der Waals surface area contributed by atoms with Crippen LogP contribution in [0.1, 0.15) is 52.0 Å². The Balaban J connectivity index is 1.22. The van der Waals surface area contributed by atoms with Crippen molar-refractivity contribution in [3.05, 3.63) is 36.0 Å². The Morgan fingerprint density at radius 2 is 1.97 bits per heavy atom. The average Bonchev–Trinajstić information content (AvgIpc) is 3.42. The number of aromatic nitrogens is 3. The summed E-state index contributed by atoms with van der Waals surface area (Å²) in [5.41, 5.74) is 3.53. The molecular weight excluding hydrogens is 374 g/mol. The minimum absolute atomic E-state index is 0.154. The Hall–Kier alpha value is -2.21. The van der Waals surface area contributed by atoms with Gasteiger partial charge in [-0.3, -0.25) is 4.79 Å². The largest absolute Gasteiger partial charge is 0.353 e. The van der Waals surface area contributed by atoms with Crippen LogP contribution in [0.5, 0.6) is 0 Å². The van der Waals surface area contributed by atoms with Crippen LogP contribution in [0, 0.1) is 11.8 Å². The molecule has 2 bridgehead atoms. The molecule has 1 aliphatic carbocycles. The van der Waals surface area contributed by atoms with E-state index >= 15 is 0 Å². The number of hydrogen-bond acceptors (Lipinski definition) is 3. The van der Waals surface area contributed by atoms with E-state index in [1.54, 1.807) is 4.90 Å². The smallest absolute Gasteiger partial charge is 0.229 e. The van der Waals surface area contributed by atoms with E-state index in [0.29, 0.717) is 23.9 Å². The molecule has 4 aliphatic rings. The number of rotatable bonds is 5. The highest BCUT2D eigenvalue weighted by molar-refractivity contribution is 5.79. The van der Waals surface area contributed by atoms with Crippen LogP contribution >= 0.6 is 0 Å². The van der Waals surface area contributed by atoms with E-state index in [-0.39, 0.29) is 11.3 Å². The number of nitrogens with zero attached hydrogens (tertiary/aromatic N) is 3. The normalized spacial score (nSPS) is 28.5. The highest BCUT2D eigenvalue weighted by Crippen LogP contribution is 2.29. The lowest BCUT2D eigenvalue weighted by atomic mass is 9.75. The maximum absolute atomic E-state index is 12.6. The Bertz CT molecular complexity index is 908. The molecule has 3 aliphatic heterocycles. The molecule has 1 saturated carbocycles. The predicted octanol–water partition coefficient (Wildman–Crippen LogP) is 1.81. The van der Waals surface area contributed by atoms with Crippen LogP contribution in [-0.4, -0.2) is 46.1 Å². The van der Waals surface area contributed by atoms with Gasteiger partial charge >= 0.3 is 0 Å². The van der Waals surface area contributed by atoms with Crippen LogP contribution in [0.4, 0.5) is 0 Å². The molecule has 3 saturated heterocycles. The highest BCUT2D eigenvalue weighted by atomic mass is 16.2. The first-order chi connectivity index (χ1) is 14.4. The molecule has 1 amide bonds. The van der Waals surface area contributed by atoms with Gasteiger partial charge in [-0.1, -0.05) is 50.3 Å². The summed E-state index contributed by atoms with van der Waals surface area (Å²) in [6.07, 6.45) is 6.70. The molecule has 4 heterocycles. The third kappa shape index (κ3) is 4.02. The van der Waals surface area contributed by atoms with Crippen molar-refractivity contribution in [3.63, 3.8) is 0 Å². The Kier molecular flexibility index (Phi) is 4.92. The summed E-state index contributed by atoms with van der Waals surface area (Å²) < 4.78 is 2.00. The second-order valence-electron chi connectivity index (χ2n) is 10.6. The topological polar surface area (TPSA) is 64.2 Å². The Morgan fingerprint density at radius 1 is 1.20 bits per heavy atom. The lowest BCUT2D eigenvalue weighted by Gasteiger charge is -2.46. The summed E-state index contributed by atoms with van der Waals surface area (Å²) in [6.45, 7) is 9.73. The molecule has 2 N–H and O–H groups in total. The van der Waals surface area contributed by atoms with Crippen molar-refractivity contribution in [3.8, 4) is 11.3 Å². The van der Waals surface area contributed by atoms with Crippen molar-refractivity contribution in [2.24, 2.45) is 11.8 Å². The second-order valence-corrected chi connectivity index (χ2v) is 10.6. The number of quaternary nitrogens is 1. The Labute approximate surface area is 179 Å². The van der Waals surface area contributed by atoms with Crippen LogP contribution in [0.15, 0.2) is 30.5 Å². The lowest BCUT2D eigenvalue weighted by molar-refractivity contribution is -0.945. The van der Waals surface area contributed by atoms with Crippen molar-refractivity contribution in [1.29, 1.82) is 0 Å². The summed E-state index contributed by atoms with van der Waals surface area (Å²) in [4.78, 5) is 14.2. The van der Waals surface area contributed by atoms with Gasteiger partial charge in [-0.2, -0.15) is 0 Å². The molecule has 0 spiro atoms. The van der Waals surface area contributed by atoms with Gasteiger partial charge in [0.15, 0.2) is 0 Å². The standard InChI is InChI=1S/C24H33N5O/c1-24(2,3)18-6-4-16(5-7-18)22-15-29(27-26-22)13-20-12-17-10-11-28(20)14-21(17)23(30)25-19-8-9-19/h4-7,15,17,19-21H,8-14H2,1-3H3,(H,25,30)/p+1/t17-,20-,21+/m1/s1. The Morgan fingerprint density at radius 3 is 2.60 bits per heavy atom. The van der Waals surface area contributed by atoms with Crippen LogP contribution in [0.2, 0.25) is 0 Å². The number of carbonyl (C=O) groups is 1. The van der Waals surface area contributed by atoms with Crippen molar-refractivity contribution < 1.29 is 9.69 Å². The van der Waals surface area contributed by atoms with Crippen molar-refractivity contribution in [2.45, 2.75) is 70.5 Å². The summed E-state index contributed by atoms with van der Waals surface area (Å²) in [6, 6.07) is 9.68. The summed E-state index contributed by atoms with van der Waals surface area (Å²) in [7, 11) is 0. The van der Waals surface area contributed by atoms with Gasteiger partial charge < -0.3 is 10.2 Å². The van der Waals surface area contributed by atoms with E-state index in [0.717, 1.165) is 43.6 Å². The van der Waals surface area contributed by atoms with Crippen molar-refractivity contribution in [1.82, 2.24) is 20.3 Å². The van der Waals surface area contributed by atoms with E-state index in [2.05, 4.69) is 66.9 Å². The molecule has 0 radical (unpaired) electrons. The third-order valence-corrected chi connectivity index (χ3v) is 7.31. The number of amides is 1. The molecule has 1 aromatic heterocycles. The van der Waals surface area contributed by atoms with E-state index in [4.69, 9.17) is 0 Å². The zero-order chi connectivity index (χ0) is 20.9. The second kappa shape index (κ2) is 7.49. The van der Waals surface area contributed by atoms with Gasteiger partial charge in [0.2, 0.25) is 5.91 Å². The average molecular weight is 409 g/mol. The number of benzene rings is 1. The molecule has 4 atom stereocenters. The van der Waals surface area contributed by atoms with Crippen LogP contribution in [0.3, 0.4) is 0 Å².